The standard InChI is InChI=1S/C17H28B2N4O9/c1-8(24)20-13-10(14(25)12-7-31-17(27)32-12)5-9(15(26)30-4)6-11(13)21-16(22-18(2)28)23-19(3)29/h6,10-14,25,28-29H,5,7H2,1-4H3,(H,20,24)(H2,21,22,23)/t10-,11?,12?,13+,14+/m1/s1. The van der Waals surface area contributed by atoms with Gasteiger partial charge in [0.1, 0.15) is 6.61 Å². The normalized spacial score (nSPS) is 26.2. The summed E-state index contributed by atoms with van der Waals surface area (Å²) in [4.78, 5) is 39.5. The van der Waals surface area contributed by atoms with E-state index in [2.05, 4.69) is 20.8 Å². The van der Waals surface area contributed by atoms with Gasteiger partial charge in [-0.3, -0.25) is 9.70 Å². The molecule has 2 unspecified atom stereocenters. The first-order chi connectivity index (χ1) is 15.0. The average molecular weight is 454 g/mol. The van der Waals surface area contributed by atoms with Crippen LogP contribution in [0.25, 0.3) is 0 Å². The zero-order valence-corrected chi connectivity index (χ0v) is 18.3. The zero-order chi connectivity index (χ0) is 24.0. The monoisotopic (exact) mass is 454 g/mol. The summed E-state index contributed by atoms with van der Waals surface area (Å²) in [5.74, 6) is -1.87. The molecule has 0 aromatic heterocycles. The molecule has 15 heteroatoms. The smallest absolute Gasteiger partial charge is 0.466 e. The predicted octanol–water partition coefficient (Wildman–Crippen LogP) is -2.37. The first-order valence-corrected chi connectivity index (χ1v) is 10.1. The third-order valence-corrected chi connectivity index (χ3v) is 4.90. The number of esters is 1. The molecular formula is C17H28B2N4O9. The lowest BCUT2D eigenvalue weighted by Gasteiger charge is -2.40. The number of nitrogens with one attached hydrogen (secondary N) is 3. The molecule has 1 saturated heterocycles. The summed E-state index contributed by atoms with van der Waals surface area (Å²) in [6.07, 6.45) is -1.70. The number of guanidine groups is 1. The topological polar surface area (TPSA) is 188 Å². The highest BCUT2D eigenvalue weighted by Crippen LogP contribution is 2.32. The van der Waals surface area contributed by atoms with Crippen LogP contribution >= 0.6 is 0 Å². The van der Waals surface area contributed by atoms with Gasteiger partial charge >= 0.3 is 26.2 Å². The first-order valence-electron chi connectivity index (χ1n) is 10.1. The van der Waals surface area contributed by atoms with Gasteiger partial charge < -0.3 is 45.2 Å². The molecule has 2 aliphatic rings. The number of hydrogen-bond donors (Lipinski definition) is 6. The van der Waals surface area contributed by atoms with Gasteiger partial charge in [-0.25, -0.2) is 9.59 Å². The van der Waals surface area contributed by atoms with Gasteiger partial charge in [0, 0.05) is 18.4 Å². The molecule has 0 aromatic rings. The molecular weight excluding hydrogens is 426 g/mol. The van der Waals surface area contributed by atoms with E-state index in [9.17, 15) is 29.5 Å². The molecule has 1 heterocycles. The Labute approximate surface area is 185 Å². The largest absolute Gasteiger partial charge is 0.508 e. The average Bonchev–Trinajstić information content (AvgIpc) is 3.12. The molecule has 32 heavy (non-hydrogen) atoms. The molecule has 0 radical (unpaired) electrons. The Hall–Kier alpha value is -2.77. The second-order valence-corrected chi connectivity index (χ2v) is 7.59. The van der Waals surface area contributed by atoms with E-state index < -0.39 is 62.3 Å². The van der Waals surface area contributed by atoms with E-state index in [1.807, 2.05) is 0 Å². The Morgan fingerprint density at radius 1 is 1.31 bits per heavy atom. The number of amides is 1. The van der Waals surface area contributed by atoms with Gasteiger partial charge in [0.15, 0.2) is 12.1 Å². The SMILES string of the molecule is COC(=O)C1=CC(NC(=NB(C)O)NB(C)O)[C@@H](NC(C)=O)[C@H]([C@H](O)C2COC(=O)O2)C1. The number of methoxy groups -OCH3 is 1. The molecule has 0 aromatic carbocycles. The van der Waals surface area contributed by atoms with Crippen LogP contribution < -0.4 is 15.9 Å². The number of hydrogen-bond acceptors (Lipinski definition) is 10. The minimum atomic E-state index is -1.29. The molecule has 2 rings (SSSR count). The maximum absolute atomic E-state index is 12.3. The number of carbonyl (C=O) groups excluding carboxylic acids is 3. The third-order valence-electron chi connectivity index (χ3n) is 4.90. The molecule has 176 valence electrons. The maximum Gasteiger partial charge on any atom is 0.508 e. The Bertz CT molecular complexity index is 777. The number of cyclic esters (lactones) is 2. The van der Waals surface area contributed by atoms with Crippen LogP contribution in [0.15, 0.2) is 16.6 Å². The van der Waals surface area contributed by atoms with Crippen molar-refractivity contribution in [1.29, 1.82) is 0 Å². The molecule has 1 aliphatic carbocycles. The van der Waals surface area contributed by atoms with E-state index in [-0.39, 0.29) is 24.6 Å². The summed E-state index contributed by atoms with van der Waals surface area (Å²) in [5, 5.41) is 38.6. The molecule has 1 amide bonds. The molecule has 13 nitrogen and oxygen atoms in total. The molecule has 1 fully saturated rings. The molecule has 5 atom stereocenters. The third kappa shape index (κ3) is 6.87. The number of rotatable bonds is 7. The number of aliphatic hydroxyl groups excluding tert-OH is 1. The van der Waals surface area contributed by atoms with Crippen molar-refractivity contribution in [3.63, 3.8) is 0 Å². The minimum Gasteiger partial charge on any atom is -0.466 e. The molecule has 0 bridgehead atoms. The fourth-order valence-corrected chi connectivity index (χ4v) is 3.66. The van der Waals surface area contributed by atoms with Crippen molar-refractivity contribution >= 4 is 38.1 Å². The van der Waals surface area contributed by atoms with Gasteiger partial charge in [-0.1, -0.05) is 0 Å². The number of ether oxygens (including phenoxy) is 3. The van der Waals surface area contributed by atoms with Crippen molar-refractivity contribution in [2.75, 3.05) is 13.7 Å². The fourth-order valence-electron chi connectivity index (χ4n) is 3.66. The van der Waals surface area contributed by atoms with Gasteiger partial charge in [-0.05, 0) is 26.1 Å². The summed E-state index contributed by atoms with van der Waals surface area (Å²) in [6.45, 7) is 3.94. The van der Waals surface area contributed by atoms with Gasteiger partial charge in [-0.2, -0.15) is 0 Å². The first kappa shape index (κ1) is 25.5. The second-order valence-electron chi connectivity index (χ2n) is 7.59. The summed E-state index contributed by atoms with van der Waals surface area (Å²) in [7, 11) is -0.964. The van der Waals surface area contributed by atoms with Crippen molar-refractivity contribution in [2.45, 2.75) is 51.3 Å². The van der Waals surface area contributed by atoms with Crippen LogP contribution in [0.3, 0.4) is 0 Å². The summed E-state index contributed by atoms with van der Waals surface area (Å²) < 4.78 is 14.6. The van der Waals surface area contributed by atoms with Gasteiger partial charge in [0.05, 0.1) is 25.3 Å². The van der Waals surface area contributed by atoms with E-state index in [0.717, 1.165) is 0 Å². The Kier molecular flexibility index (Phi) is 8.92. The van der Waals surface area contributed by atoms with Crippen LogP contribution in [0.5, 0.6) is 0 Å². The Balaban J connectivity index is 2.43. The molecule has 1 aliphatic heterocycles. The van der Waals surface area contributed by atoms with E-state index >= 15 is 0 Å². The van der Waals surface area contributed by atoms with Crippen LogP contribution in [0.4, 0.5) is 4.79 Å². The quantitative estimate of drug-likeness (QED) is 0.104. The van der Waals surface area contributed by atoms with Crippen LogP contribution in [0, 0.1) is 5.92 Å². The maximum atomic E-state index is 12.3. The number of nitrogens with zero attached hydrogens (tertiary/aromatic N) is 1. The van der Waals surface area contributed by atoms with Gasteiger partial charge in [0.2, 0.25) is 5.91 Å². The minimum absolute atomic E-state index is 0.0116. The summed E-state index contributed by atoms with van der Waals surface area (Å²) >= 11 is 0. The van der Waals surface area contributed by atoms with Crippen molar-refractivity contribution in [2.24, 2.45) is 10.8 Å². The van der Waals surface area contributed by atoms with Crippen molar-refractivity contribution in [3.05, 3.63) is 11.6 Å². The van der Waals surface area contributed by atoms with Gasteiger partial charge in [0.25, 0.3) is 0 Å². The fraction of sp³-hybridized carbons (Fsp3) is 0.647. The number of aliphatic hydroxyl groups is 1. The van der Waals surface area contributed by atoms with E-state index in [1.54, 1.807) is 0 Å². The molecule has 0 spiro atoms. The summed E-state index contributed by atoms with van der Waals surface area (Å²) in [6, 6.07) is -1.63. The highest BCUT2D eigenvalue weighted by Gasteiger charge is 2.45. The summed E-state index contributed by atoms with van der Waals surface area (Å²) in [5.41, 5.74) is 0.203. The Morgan fingerprint density at radius 2 is 2.00 bits per heavy atom. The van der Waals surface area contributed by atoms with E-state index in [0.29, 0.717) is 0 Å². The van der Waals surface area contributed by atoms with Crippen molar-refractivity contribution in [3.8, 4) is 0 Å². The highest BCUT2D eigenvalue weighted by atomic mass is 16.8. The second kappa shape index (κ2) is 11.2. The van der Waals surface area contributed by atoms with E-state index in [1.165, 1.54) is 33.8 Å². The highest BCUT2D eigenvalue weighted by molar-refractivity contribution is 6.52. The molecule has 0 saturated carbocycles. The predicted molar refractivity (Wildman–Crippen MR) is 113 cm³/mol. The Morgan fingerprint density at radius 3 is 2.50 bits per heavy atom. The lowest BCUT2D eigenvalue weighted by molar-refractivity contribution is -0.136. The van der Waals surface area contributed by atoms with Crippen LogP contribution in [-0.2, 0) is 23.8 Å². The zero-order valence-electron chi connectivity index (χ0n) is 18.3. The number of carbonyl (C=O) groups is 3. The van der Waals surface area contributed by atoms with E-state index in [4.69, 9.17) is 14.2 Å². The molecule has 6 N–H and O–H groups in total. The van der Waals surface area contributed by atoms with Crippen molar-refractivity contribution < 1.29 is 43.7 Å². The van der Waals surface area contributed by atoms with Crippen LogP contribution in [0.1, 0.15) is 13.3 Å². The van der Waals surface area contributed by atoms with Crippen LogP contribution in [0.2, 0.25) is 13.6 Å². The van der Waals surface area contributed by atoms with Crippen molar-refractivity contribution in [1.82, 2.24) is 15.9 Å². The van der Waals surface area contributed by atoms with Crippen LogP contribution in [-0.4, -0.2) is 91.3 Å². The lowest BCUT2D eigenvalue weighted by atomic mass is 9.76. The lowest BCUT2D eigenvalue weighted by Crippen LogP contribution is -2.62. The van der Waals surface area contributed by atoms with Gasteiger partial charge in [-0.15, -0.1) is 0 Å².